The predicted octanol–water partition coefficient (Wildman–Crippen LogP) is 6.05. The van der Waals surface area contributed by atoms with Crippen LogP contribution in [0.25, 0.3) is 0 Å². The molecule has 2 atom stereocenters. The van der Waals surface area contributed by atoms with E-state index in [-0.39, 0.29) is 40.6 Å². The molecule has 0 unspecified atom stereocenters. The first-order valence-electron chi connectivity index (χ1n) is 12.5. The minimum Gasteiger partial charge on any atom is -0.463 e. The van der Waals surface area contributed by atoms with E-state index in [0.717, 1.165) is 5.56 Å². The predicted molar refractivity (Wildman–Crippen MR) is 149 cm³/mol. The van der Waals surface area contributed by atoms with Crippen molar-refractivity contribution in [3.05, 3.63) is 146 Å². The van der Waals surface area contributed by atoms with Crippen molar-refractivity contribution in [3.8, 4) is 0 Å². The van der Waals surface area contributed by atoms with Gasteiger partial charge in [-0.25, -0.2) is 4.79 Å². The van der Waals surface area contributed by atoms with Gasteiger partial charge in [-0.05, 0) is 61.0 Å². The van der Waals surface area contributed by atoms with E-state index >= 15 is 0 Å². The molecular formula is C31H23ClN2O6. The lowest BCUT2D eigenvalue weighted by Crippen LogP contribution is -2.38. The van der Waals surface area contributed by atoms with Crippen LogP contribution >= 0.6 is 11.6 Å². The minimum absolute atomic E-state index is 0.126. The summed E-state index contributed by atoms with van der Waals surface area (Å²) in [6.45, 7) is 1.82. The van der Waals surface area contributed by atoms with Crippen LogP contribution in [0.2, 0.25) is 5.02 Å². The standard InChI is InChI=1S/C31H23ClN2O6/c1-2-40-31(37)27-25-18-22(29(35)20-10-14-24(15-11-20)34(38)39)16-17-33(25)28(26(27)19-6-4-3-5-7-19)30(36)21-8-12-23(32)13-9-21/h3-18,26,28H,2H2,1H3/t26-,28-/m0/s1. The largest absolute Gasteiger partial charge is 0.463 e. The van der Waals surface area contributed by atoms with Gasteiger partial charge in [-0.15, -0.1) is 0 Å². The van der Waals surface area contributed by atoms with Gasteiger partial charge >= 0.3 is 5.97 Å². The van der Waals surface area contributed by atoms with E-state index in [1.165, 1.54) is 24.3 Å². The summed E-state index contributed by atoms with van der Waals surface area (Å²) in [5.41, 5.74) is 2.18. The van der Waals surface area contributed by atoms with Crippen LogP contribution in [0.4, 0.5) is 5.69 Å². The van der Waals surface area contributed by atoms with Gasteiger partial charge < -0.3 is 9.64 Å². The van der Waals surface area contributed by atoms with E-state index in [9.17, 15) is 24.5 Å². The summed E-state index contributed by atoms with van der Waals surface area (Å²) in [4.78, 5) is 53.0. The molecule has 0 saturated carbocycles. The fourth-order valence-corrected chi connectivity index (χ4v) is 5.13. The topological polar surface area (TPSA) is 107 Å². The zero-order chi connectivity index (χ0) is 28.4. The Balaban J connectivity index is 1.63. The quantitative estimate of drug-likeness (QED) is 0.144. The highest BCUT2D eigenvalue weighted by molar-refractivity contribution is 6.30. The number of hydrogen-bond donors (Lipinski definition) is 0. The van der Waals surface area contributed by atoms with Crippen molar-refractivity contribution in [1.29, 1.82) is 0 Å². The first-order valence-corrected chi connectivity index (χ1v) is 12.9. The average molecular weight is 555 g/mol. The number of fused-ring (bicyclic) bond motifs is 1. The number of nitro groups is 1. The number of nitro benzene ring substituents is 1. The highest BCUT2D eigenvalue weighted by Gasteiger charge is 2.48. The summed E-state index contributed by atoms with van der Waals surface area (Å²) >= 11 is 6.06. The van der Waals surface area contributed by atoms with E-state index in [4.69, 9.17) is 16.3 Å². The van der Waals surface area contributed by atoms with E-state index in [2.05, 4.69) is 0 Å². The molecule has 0 saturated heterocycles. The second-order valence-corrected chi connectivity index (χ2v) is 9.62. The molecule has 0 aliphatic carbocycles. The van der Waals surface area contributed by atoms with Crippen LogP contribution < -0.4 is 0 Å². The molecule has 2 heterocycles. The number of benzene rings is 3. The summed E-state index contributed by atoms with van der Waals surface area (Å²) in [5.74, 6) is -1.89. The Morgan fingerprint density at radius 3 is 2.23 bits per heavy atom. The summed E-state index contributed by atoms with van der Waals surface area (Å²) in [6, 6.07) is 20.2. The number of esters is 1. The molecule has 0 N–H and O–H groups in total. The molecule has 0 radical (unpaired) electrons. The Labute approximate surface area is 235 Å². The number of ketones is 2. The maximum absolute atomic E-state index is 14.0. The molecule has 40 heavy (non-hydrogen) atoms. The van der Waals surface area contributed by atoms with E-state index in [1.807, 2.05) is 30.3 Å². The fourth-order valence-electron chi connectivity index (χ4n) is 5.00. The smallest absolute Gasteiger partial charge is 0.336 e. The molecule has 2 aliphatic rings. The molecule has 0 amide bonds. The number of Topliss-reactive ketones (excluding diaryl/α,β-unsaturated/α-hetero) is 2. The molecular weight excluding hydrogens is 532 g/mol. The normalized spacial score (nSPS) is 17.8. The van der Waals surface area contributed by atoms with E-state index < -0.39 is 22.9 Å². The highest BCUT2D eigenvalue weighted by atomic mass is 35.5. The molecule has 5 rings (SSSR count). The molecule has 8 nitrogen and oxygen atoms in total. The summed E-state index contributed by atoms with van der Waals surface area (Å²) in [5, 5.41) is 11.5. The maximum atomic E-state index is 14.0. The minimum atomic E-state index is -0.832. The highest BCUT2D eigenvalue weighted by Crippen LogP contribution is 2.45. The van der Waals surface area contributed by atoms with Gasteiger partial charge in [0, 0.05) is 46.0 Å². The first-order chi connectivity index (χ1) is 19.3. The average Bonchev–Trinajstić information content (AvgIpc) is 3.32. The molecule has 0 aromatic heterocycles. The SMILES string of the molecule is CCOC(=O)C1=C2C=C(C(=O)c3ccc([N+](=O)[O-])cc3)C=CN2[C@H](C(=O)c2ccc(Cl)cc2)[C@H]1c1ccccc1. The number of carbonyl (C=O) groups excluding carboxylic acids is 3. The monoisotopic (exact) mass is 554 g/mol. The lowest BCUT2D eigenvalue weighted by Gasteiger charge is -2.30. The van der Waals surface area contributed by atoms with Crippen molar-refractivity contribution in [2.45, 2.75) is 18.9 Å². The third-order valence-corrected chi connectivity index (χ3v) is 7.09. The number of non-ortho nitro benzene ring substituents is 1. The summed E-state index contributed by atoms with van der Waals surface area (Å²) < 4.78 is 5.44. The number of hydrogen-bond acceptors (Lipinski definition) is 7. The molecule has 2 aliphatic heterocycles. The van der Waals surface area contributed by atoms with Crippen molar-refractivity contribution >= 4 is 34.8 Å². The summed E-state index contributed by atoms with van der Waals surface area (Å²) in [7, 11) is 0. The Bertz CT molecular complexity index is 1590. The zero-order valence-electron chi connectivity index (χ0n) is 21.3. The van der Waals surface area contributed by atoms with Crippen molar-refractivity contribution in [1.82, 2.24) is 4.90 Å². The van der Waals surface area contributed by atoms with Gasteiger partial charge in [-0.3, -0.25) is 19.7 Å². The zero-order valence-corrected chi connectivity index (χ0v) is 22.1. The molecule has 0 fully saturated rings. The van der Waals surface area contributed by atoms with Gasteiger partial charge in [0.2, 0.25) is 0 Å². The van der Waals surface area contributed by atoms with E-state index in [1.54, 1.807) is 54.4 Å². The third-order valence-electron chi connectivity index (χ3n) is 6.84. The molecule has 0 bridgehead atoms. The molecule has 3 aromatic carbocycles. The van der Waals surface area contributed by atoms with Gasteiger partial charge in [0.1, 0.15) is 6.04 Å². The fraction of sp³-hybridized carbons (Fsp3) is 0.129. The van der Waals surface area contributed by atoms with Crippen LogP contribution in [-0.2, 0) is 9.53 Å². The Morgan fingerprint density at radius 2 is 1.60 bits per heavy atom. The lowest BCUT2D eigenvalue weighted by atomic mass is 9.83. The summed E-state index contributed by atoms with van der Waals surface area (Å²) in [6.07, 6.45) is 4.77. The molecule has 0 spiro atoms. The van der Waals surface area contributed by atoms with E-state index in [0.29, 0.717) is 16.3 Å². The lowest BCUT2D eigenvalue weighted by molar-refractivity contribution is -0.384. The van der Waals surface area contributed by atoms with Gasteiger partial charge in [0.25, 0.3) is 5.69 Å². The molecule has 9 heteroatoms. The number of rotatable bonds is 8. The van der Waals surface area contributed by atoms with Gasteiger partial charge in [0.05, 0.1) is 22.8 Å². The van der Waals surface area contributed by atoms with Crippen LogP contribution in [0.5, 0.6) is 0 Å². The maximum Gasteiger partial charge on any atom is 0.336 e. The van der Waals surface area contributed by atoms with Crippen molar-refractivity contribution < 1.29 is 24.0 Å². The van der Waals surface area contributed by atoms with Gasteiger partial charge in [-0.1, -0.05) is 41.9 Å². The second kappa shape index (κ2) is 11.1. The number of carbonyl (C=O) groups is 3. The van der Waals surface area contributed by atoms with Crippen LogP contribution in [0.3, 0.4) is 0 Å². The molecule has 3 aromatic rings. The Kier molecular flexibility index (Phi) is 7.44. The Morgan fingerprint density at radius 1 is 0.950 bits per heavy atom. The van der Waals surface area contributed by atoms with Crippen molar-refractivity contribution in [3.63, 3.8) is 0 Å². The van der Waals surface area contributed by atoms with Crippen LogP contribution in [0.1, 0.15) is 39.1 Å². The van der Waals surface area contributed by atoms with Crippen molar-refractivity contribution in [2.24, 2.45) is 0 Å². The number of allylic oxidation sites excluding steroid dienone is 3. The van der Waals surface area contributed by atoms with Gasteiger partial charge in [-0.2, -0.15) is 0 Å². The van der Waals surface area contributed by atoms with Crippen molar-refractivity contribution in [2.75, 3.05) is 6.61 Å². The first kappa shape index (κ1) is 26.8. The second-order valence-electron chi connectivity index (χ2n) is 9.18. The van der Waals surface area contributed by atoms with Crippen LogP contribution in [0.15, 0.2) is 114 Å². The number of halogens is 1. The third kappa shape index (κ3) is 4.97. The van der Waals surface area contributed by atoms with Crippen LogP contribution in [0, 0.1) is 10.1 Å². The molecule has 200 valence electrons. The van der Waals surface area contributed by atoms with Gasteiger partial charge in [0.15, 0.2) is 11.6 Å². The number of nitrogens with zero attached hydrogens (tertiary/aromatic N) is 2. The van der Waals surface area contributed by atoms with Crippen LogP contribution in [-0.4, -0.2) is 40.0 Å². The number of ether oxygens (including phenoxy) is 1. The Hall–Kier alpha value is -4.82.